The minimum absolute atomic E-state index is 0.444. The van der Waals surface area contributed by atoms with Gasteiger partial charge in [-0.25, -0.2) is 0 Å². The highest BCUT2D eigenvalue weighted by Crippen LogP contribution is 2.44. The molecule has 0 aliphatic carbocycles. The van der Waals surface area contributed by atoms with Crippen LogP contribution in [0.3, 0.4) is 0 Å². The predicted molar refractivity (Wildman–Crippen MR) is 77.0 cm³/mol. The third-order valence-electron chi connectivity index (χ3n) is 3.50. The first-order valence-electron chi connectivity index (χ1n) is 6.33. The van der Waals surface area contributed by atoms with Crippen LogP contribution in [0.4, 0.5) is 0 Å². The van der Waals surface area contributed by atoms with Crippen LogP contribution in [0.2, 0.25) is 5.02 Å². The standard InChI is InChI=1S/C14H20ClNS/c1-4-7-16-14-9(2)10(3)17-13-6-5-11(15)8-12(13)14/h5-6,8-10,14,16H,4,7H2,1-3H3. The number of hydrogen-bond donors (Lipinski definition) is 1. The van der Waals surface area contributed by atoms with E-state index in [4.69, 9.17) is 11.6 Å². The van der Waals surface area contributed by atoms with Gasteiger partial charge in [0.1, 0.15) is 0 Å². The van der Waals surface area contributed by atoms with Gasteiger partial charge < -0.3 is 5.32 Å². The highest BCUT2D eigenvalue weighted by Gasteiger charge is 2.31. The third-order valence-corrected chi connectivity index (χ3v) is 5.16. The van der Waals surface area contributed by atoms with Crippen molar-refractivity contribution < 1.29 is 0 Å². The fourth-order valence-electron chi connectivity index (χ4n) is 2.33. The Balaban J connectivity index is 2.32. The van der Waals surface area contributed by atoms with Crippen LogP contribution in [0, 0.1) is 5.92 Å². The number of halogens is 1. The molecule has 94 valence electrons. The lowest BCUT2D eigenvalue weighted by Gasteiger charge is -2.36. The fraction of sp³-hybridized carbons (Fsp3) is 0.571. The molecule has 1 nitrogen and oxygen atoms in total. The van der Waals surface area contributed by atoms with Gasteiger partial charge in [0.25, 0.3) is 0 Å². The largest absolute Gasteiger partial charge is 0.310 e. The van der Waals surface area contributed by atoms with Crippen LogP contribution in [-0.4, -0.2) is 11.8 Å². The van der Waals surface area contributed by atoms with Gasteiger partial charge in [-0.1, -0.05) is 32.4 Å². The van der Waals surface area contributed by atoms with Gasteiger partial charge in [0, 0.05) is 21.2 Å². The second-order valence-electron chi connectivity index (χ2n) is 4.80. The minimum Gasteiger partial charge on any atom is -0.310 e. The molecule has 0 fully saturated rings. The molecule has 1 heterocycles. The van der Waals surface area contributed by atoms with E-state index in [-0.39, 0.29) is 0 Å². The predicted octanol–water partition coefficient (Wildman–Crippen LogP) is 4.51. The molecule has 0 bridgehead atoms. The summed E-state index contributed by atoms with van der Waals surface area (Å²) in [5.41, 5.74) is 1.38. The van der Waals surface area contributed by atoms with Crippen molar-refractivity contribution in [1.29, 1.82) is 0 Å². The lowest BCUT2D eigenvalue weighted by atomic mass is 9.91. The lowest BCUT2D eigenvalue weighted by Crippen LogP contribution is -2.34. The zero-order chi connectivity index (χ0) is 12.4. The van der Waals surface area contributed by atoms with E-state index in [1.165, 1.54) is 16.9 Å². The van der Waals surface area contributed by atoms with Crippen molar-refractivity contribution in [2.24, 2.45) is 5.92 Å². The molecule has 3 heteroatoms. The zero-order valence-corrected chi connectivity index (χ0v) is 12.2. The summed E-state index contributed by atoms with van der Waals surface area (Å²) in [5, 5.41) is 5.16. The number of thioether (sulfide) groups is 1. The normalized spacial score (nSPS) is 27.9. The minimum atomic E-state index is 0.444. The van der Waals surface area contributed by atoms with Gasteiger partial charge >= 0.3 is 0 Å². The maximum Gasteiger partial charge on any atom is 0.0410 e. The van der Waals surface area contributed by atoms with E-state index in [1.807, 2.05) is 17.8 Å². The van der Waals surface area contributed by atoms with Crippen molar-refractivity contribution in [3.8, 4) is 0 Å². The number of hydrogen-bond acceptors (Lipinski definition) is 2. The van der Waals surface area contributed by atoms with E-state index >= 15 is 0 Å². The van der Waals surface area contributed by atoms with Gasteiger partial charge in [0.15, 0.2) is 0 Å². The first kappa shape index (κ1) is 13.3. The summed E-state index contributed by atoms with van der Waals surface area (Å²) in [5.74, 6) is 0.637. The highest BCUT2D eigenvalue weighted by atomic mass is 35.5. The summed E-state index contributed by atoms with van der Waals surface area (Å²) < 4.78 is 0. The van der Waals surface area contributed by atoms with Gasteiger partial charge in [-0.3, -0.25) is 0 Å². The molecular formula is C14H20ClNS. The van der Waals surface area contributed by atoms with Crippen LogP contribution in [0.1, 0.15) is 38.8 Å². The first-order chi connectivity index (χ1) is 8.13. The van der Waals surface area contributed by atoms with E-state index in [1.54, 1.807) is 0 Å². The molecule has 1 aliphatic heterocycles. The second-order valence-corrected chi connectivity index (χ2v) is 6.65. The molecule has 17 heavy (non-hydrogen) atoms. The molecule has 0 spiro atoms. The molecule has 2 rings (SSSR count). The second kappa shape index (κ2) is 5.64. The Morgan fingerprint density at radius 2 is 2.12 bits per heavy atom. The maximum atomic E-state index is 6.12. The molecule has 0 radical (unpaired) electrons. The highest BCUT2D eigenvalue weighted by molar-refractivity contribution is 8.00. The average Bonchev–Trinajstić information content (AvgIpc) is 2.31. The summed E-state index contributed by atoms with van der Waals surface area (Å²) in [6.45, 7) is 7.91. The van der Waals surface area contributed by atoms with Gasteiger partial charge in [-0.15, -0.1) is 11.8 Å². The third kappa shape index (κ3) is 2.81. The summed E-state index contributed by atoms with van der Waals surface area (Å²) >= 11 is 8.09. The number of nitrogens with one attached hydrogen (secondary N) is 1. The van der Waals surface area contributed by atoms with E-state index in [0.29, 0.717) is 17.2 Å². The van der Waals surface area contributed by atoms with Crippen molar-refractivity contribution in [3.05, 3.63) is 28.8 Å². The Kier molecular flexibility index (Phi) is 4.40. The SMILES string of the molecule is CCCNC1c2cc(Cl)ccc2SC(C)C1C. The number of benzene rings is 1. The zero-order valence-electron chi connectivity index (χ0n) is 10.7. The Hall–Kier alpha value is -0.180. The summed E-state index contributed by atoms with van der Waals surface area (Å²) in [6.07, 6.45) is 1.17. The van der Waals surface area contributed by atoms with Crippen molar-refractivity contribution in [1.82, 2.24) is 5.32 Å². The summed E-state index contributed by atoms with van der Waals surface area (Å²) in [6, 6.07) is 6.72. The fourth-order valence-corrected chi connectivity index (χ4v) is 3.75. The van der Waals surface area contributed by atoms with E-state index < -0.39 is 0 Å². The molecule has 0 saturated heterocycles. The topological polar surface area (TPSA) is 12.0 Å². The van der Waals surface area contributed by atoms with Crippen molar-refractivity contribution >= 4 is 23.4 Å². The van der Waals surface area contributed by atoms with E-state index in [2.05, 4.69) is 38.2 Å². The van der Waals surface area contributed by atoms with Crippen molar-refractivity contribution in [2.45, 2.75) is 43.4 Å². The monoisotopic (exact) mass is 269 g/mol. The van der Waals surface area contributed by atoms with Gasteiger partial charge in [-0.05, 0) is 42.6 Å². The van der Waals surface area contributed by atoms with Gasteiger partial charge in [0.2, 0.25) is 0 Å². The molecule has 3 unspecified atom stereocenters. The molecule has 1 aliphatic rings. The Morgan fingerprint density at radius 3 is 2.82 bits per heavy atom. The Bertz CT molecular complexity index is 394. The summed E-state index contributed by atoms with van der Waals surface area (Å²) in [7, 11) is 0. The van der Waals surface area contributed by atoms with Gasteiger partial charge in [0.05, 0.1) is 0 Å². The molecule has 1 aromatic carbocycles. The smallest absolute Gasteiger partial charge is 0.0410 e. The quantitative estimate of drug-likeness (QED) is 0.866. The Morgan fingerprint density at radius 1 is 1.35 bits per heavy atom. The molecule has 1 N–H and O–H groups in total. The van der Waals surface area contributed by atoms with Crippen LogP contribution in [0.25, 0.3) is 0 Å². The van der Waals surface area contributed by atoms with Crippen molar-refractivity contribution in [2.75, 3.05) is 6.54 Å². The molecule has 1 aromatic rings. The van der Waals surface area contributed by atoms with E-state index in [0.717, 1.165) is 11.6 Å². The molecule has 0 amide bonds. The van der Waals surface area contributed by atoms with Crippen LogP contribution in [0.5, 0.6) is 0 Å². The lowest BCUT2D eigenvalue weighted by molar-refractivity contribution is 0.373. The number of rotatable bonds is 3. The molecule has 0 aromatic heterocycles. The van der Waals surface area contributed by atoms with E-state index in [9.17, 15) is 0 Å². The van der Waals surface area contributed by atoms with Crippen molar-refractivity contribution in [3.63, 3.8) is 0 Å². The van der Waals surface area contributed by atoms with Crippen LogP contribution < -0.4 is 5.32 Å². The molecular weight excluding hydrogens is 250 g/mol. The summed E-state index contributed by atoms with van der Waals surface area (Å²) in [4.78, 5) is 1.38. The molecule has 0 saturated carbocycles. The average molecular weight is 270 g/mol. The van der Waals surface area contributed by atoms with Crippen LogP contribution >= 0.6 is 23.4 Å². The maximum absolute atomic E-state index is 6.12. The van der Waals surface area contributed by atoms with Gasteiger partial charge in [-0.2, -0.15) is 0 Å². The first-order valence-corrected chi connectivity index (χ1v) is 7.58. The Labute approximate surface area is 113 Å². The van der Waals surface area contributed by atoms with Crippen LogP contribution in [-0.2, 0) is 0 Å². The van der Waals surface area contributed by atoms with Crippen LogP contribution in [0.15, 0.2) is 23.1 Å². The number of fused-ring (bicyclic) bond motifs is 1. The molecule has 3 atom stereocenters.